The molecule has 1 aromatic carbocycles. The predicted molar refractivity (Wildman–Crippen MR) is 106 cm³/mol. The molecule has 4 rings (SSSR count). The summed E-state index contributed by atoms with van der Waals surface area (Å²) < 4.78 is 0. The first-order valence-electron chi connectivity index (χ1n) is 9.99. The van der Waals surface area contributed by atoms with Gasteiger partial charge in [-0.3, -0.25) is 9.69 Å². The van der Waals surface area contributed by atoms with Crippen LogP contribution in [0.1, 0.15) is 40.9 Å². The fourth-order valence-corrected chi connectivity index (χ4v) is 4.36. The molecule has 1 amide bonds. The summed E-state index contributed by atoms with van der Waals surface area (Å²) >= 11 is 0. The minimum atomic E-state index is -0.798. The van der Waals surface area contributed by atoms with Crippen LogP contribution in [-0.2, 0) is 13.0 Å². The Morgan fingerprint density at radius 2 is 1.89 bits per heavy atom. The number of aromatic nitrogens is 1. The molecule has 2 aromatic rings. The highest BCUT2D eigenvalue weighted by molar-refractivity contribution is 5.94. The van der Waals surface area contributed by atoms with E-state index in [1.807, 2.05) is 0 Å². The van der Waals surface area contributed by atoms with E-state index >= 15 is 0 Å². The van der Waals surface area contributed by atoms with Crippen LogP contribution in [0.15, 0.2) is 42.6 Å². The zero-order valence-corrected chi connectivity index (χ0v) is 16.0. The van der Waals surface area contributed by atoms with Crippen molar-refractivity contribution < 1.29 is 15.0 Å². The SMILES string of the molecule is O=C(c1ncccc1O)N1CCC[C@](O)(CN2CCc3ccccc3C2)CC1. The summed E-state index contributed by atoms with van der Waals surface area (Å²) in [5.74, 6) is -0.367. The number of aromatic hydroxyl groups is 1. The summed E-state index contributed by atoms with van der Waals surface area (Å²) in [7, 11) is 0. The van der Waals surface area contributed by atoms with Crippen molar-refractivity contribution in [1.82, 2.24) is 14.8 Å². The number of hydrogen-bond donors (Lipinski definition) is 2. The lowest BCUT2D eigenvalue weighted by Crippen LogP contribution is -2.45. The van der Waals surface area contributed by atoms with E-state index in [2.05, 4.69) is 34.1 Å². The molecule has 0 spiro atoms. The topological polar surface area (TPSA) is 76.9 Å². The Hall–Kier alpha value is -2.44. The van der Waals surface area contributed by atoms with Crippen LogP contribution >= 0.6 is 0 Å². The lowest BCUT2D eigenvalue weighted by molar-refractivity contribution is -0.0118. The average molecular weight is 381 g/mol. The number of aliphatic hydroxyl groups is 1. The number of fused-ring (bicyclic) bond motifs is 1. The largest absolute Gasteiger partial charge is 0.505 e. The van der Waals surface area contributed by atoms with Crippen molar-refractivity contribution in [2.45, 2.75) is 37.8 Å². The summed E-state index contributed by atoms with van der Waals surface area (Å²) in [6.45, 7) is 3.47. The first kappa shape index (κ1) is 18.9. The van der Waals surface area contributed by atoms with Gasteiger partial charge in [-0.05, 0) is 48.9 Å². The molecule has 0 aliphatic carbocycles. The smallest absolute Gasteiger partial charge is 0.276 e. The number of carbonyl (C=O) groups excluding carboxylic acids is 1. The quantitative estimate of drug-likeness (QED) is 0.852. The van der Waals surface area contributed by atoms with Crippen LogP contribution < -0.4 is 0 Å². The molecule has 2 aliphatic rings. The predicted octanol–water partition coefficient (Wildman–Crippen LogP) is 2.20. The standard InChI is InChI=1S/C22H27N3O3/c26-19-7-3-11-23-20(19)21(27)25-12-4-9-22(28,10-14-25)16-24-13-8-17-5-1-2-6-18(17)15-24/h1-3,5-7,11,26,28H,4,8-10,12-16H2/t22-/m1/s1. The fourth-order valence-electron chi connectivity index (χ4n) is 4.36. The van der Waals surface area contributed by atoms with Crippen molar-refractivity contribution in [3.8, 4) is 5.75 Å². The molecular formula is C22H27N3O3. The molecule has 28 heavy (non-hydrogen) atoms. The Bertz CT molecular complexity index is 856. The number of pyridine rings is 1. The second kappa shape index (κ2) is 7.89. The highest BCUT2D eigenvalue weighted by Crippen LogP contribution is 2.28. The van der Waals surface area contributed by atoms with E-state index in [-0.39, 0.29) is 17.4 Å². The molecule has 1 saturated heterocycles. The summed E-state index contributed by atoms with van der Waals surface area (Å²) in [5, 5.41) is 21.1. The third kappa shape index (κ3) is 4.03. The van der Waals surface area contributed by atoms with Crippen molar-refractivity contribution in [3.63, 3.8) is 0 Å². The van der Waals surface area contributed by atoms with Gasteiger partial charge in [-0.2, -0.15) is 0 Å². The number of rotatable bonds is 3. The van der Waals surface area contributed by atoms with Gasteiger partial charge in [0.25, 0.3) is 5.91 Å². The number of likely N-dealkylation sites (tertiary alicyclic amines) is 1. The van der Waals surface area contributed by atoms with E-state index in [0.29, 0.717) is 32.5 Å². The minimum absolute atomic E-state index is 0.0839. The molecule has 0 saturated carbocycles. The van der Waals surface area contributed by atoms with Gasteiger partial charge in [0.1, 0.15) is 5.75 Å². The lowest BCUT2D eigenvalue weighted by Gasteiger charge is -2.36. The van der Waals surface area contributed by atoms with Gasteiger partial charge in [-0.25, -0.2) is 4.98 Å². The molecule has 2 N–H and O–H groups in total. The molecular weight excluding hydrogens is 354 g/mol. The molecule has 6 nitrogen and oxygen atoms in total. The second-order valence-electron chi connectivity index (χ2n) is 7.97. The Kier molecular flexibility index (Phi) is 5.33. The first-order valence-corrected chi connectivity index (χ1v) is 9.99. The van der Waals surface area contributed by atoms with Crippen LogP contribution in [0.3, 0.4) is 0 Å². The first-order chi connectivity index (χ1) is 13.5. The third-order valence-corrected chi connectivity index (χ3v) is 5.92. The van der Waals surface area contributed by atoms with Gasteiger partial charge in [0.2, 0.25) is 0 Å². The van der Waals surface area contributed by atoms with E-state index in [1.54, 1.807) is 11.0 Å². The molecule has 6 heteroatoms. The van der Waals surface area contributed by atoms with E-state index < -0.39 is 5.60 Å². The van der Waals surface area contributed by atoms with Crippen LogP contribution in [0.25, 0.3) is 0 Å². The van der Waals surface area contributed by atoms with Gasteiger partial charge in [-0.15, -0.1) is 0 Å². The van der Waals surface area contributed by atoms with Crippen LogP contribution in [0.5, 0.6) is 5.75 Å². The van der Waals surface area contributed by atoms with Gasteiger partial charge in [0, 0.05) is 38.9 Å². The molecule has 0 radical (unpaired) electrons. The van der Waals surface area contributed by atoms with Gasteiger partial charge >= 0.3 is 0 Å². The number of nitrogens with zero attached hydrogens (tertiary/aromatic N) is 3. The molecule has 1 aromatic heterocycles. The maximum Gasteiger partial charge on any atom is 0.276 e. The lowest BCUT2D eigenvalue weighted by atomic mass is 9.92. The number of β-amino-alcohol motifs (C(OH)–C–C–N with tert-alkyl or cyclic N) is 1. The Labute approximate surface area is 165 Å². The molecule has 3 heterocycles. The van der Waals surface area contributed by atoms with Gasteiger partial charge in [0.05, 0.1) is 5.60 Å². The van der Waals surface area contributed by atoms with E-state index in [0.717, 1.165) is 25.9 Å². The molecule has 1 fully saturated rings. The highest BCUT2D eigenvalue weighted by atomic mass is 16.3. The van der Waals surface area contributed by atoms with Crippen LogP contribution in [0.4, 0.5) is 0 Å². The maximum atomic E-state index is 12.7. The Balaban J connectivity index is 1.39. The molecule has 0 bridgehead atoms. The second-order valence-corrected chi connectivity index (χ2v) is 7.97. The monoisotopic (exact) mass is 381 g/mol. The van der Waals surface area contributed by atoms with Crippen molar-refractivity contribution in [2.24, 2.45) is 0 Å². The Morgan fingerprint density at radius 3 is 2.71 bits per heavy atom. The van der Waals surface area contributed by atoms with Crippen LogP contribution in [-0.4, -0.2) is 62.7 Å². The van der Waals surface area contributed by atoms with E-state index in [4.69, 9.17) is 0 Å². The number of amides is 1. The van der Waals surface area contributed by atoms with Crippen molar-refractivity contribution in [2.75, 3.05) is 26.2 Å². The average Bonchev–Trinajstić information content (AvgIpc) is 2.89. The van der Waals surface area contributed by atoms with E-state index in [1.165, 1.54) is 23.4 Å². The maximum absolute atomic E-state index is 12.7. The number of carbonyl (C=O) groups is 1. The summed E-state index contributed by atoms with van der Waals surface area (Å²) in [6, 6.07) is 11.6. The summed E-state index contributed by atoms with van der Waals surface area (Å²) in [4.78, 5) is 20.8. The third-order valence-electron chi connectivity index (χ3n) is 5.92. The zero-order valence-electron chi connectivity index (χ0n) is 16.0. The van der Waals surface area contributed by atoms with Gasteiger partial charge in [0.15, 0.2) is 5.69 Å². The Morgan fingerprint density at radius 1 is 1.07 bits per heavy atom. The number of benzene rings is 1. The van der Waals surface area contributed by atoms with E-state index in [9.17, 15) is 15.0 Å². The number of hydrogen-bond acceptors (Lipinski definition) is 5. The van der Waals surface area contributed by atoms with Crippen molar-refractivity contribution >= 4 is 5.91 Å². The summed E-state index contributed by atoms with van der Waals surface area (Å²) in [6.07, 6.45) is 4.46. The van der Waals surface area contributed by atoms with Crippen molar-refractivity contribution in [3.05, 3.63) is 59.4 Å². The minimum Gasteiger partial charge on any atom is -0.505 e. The molecule has 2 aliphatic heterocycles. The van der Waals surface area contributed by atoms with Crippen LogP contribution in [0.2, 0.25) is 0 Å². The normalized spacial score (nSPS) is 23.1. The molecule has 0 unspecified atom stereocenters. The zero-order chi connectivity index (χ0) is 19.6. The fraction of sp³-hybridized carbons (Fsp3) is 0.455. The van der Waals surface area contributed by atoms with Crippen molar-refractivity contribution in [1.29, 1.82) is 0 Å². The molecule has 148 valence electrons. The van der Waals surface area contributed by atoms with Gasteiger partial charge < -0.3 is 15.1 Å². The molecule has 1 atom stereocenters. The van der Waals surface area contributed by atoms with Gasteiger partial charge in [-0.1, -0.05) is 24.3 Å². The van der Waals surface area contributed by atoms with Crippen LogP contribution in [0, 0.1) is 0 Å². The summed E-state index contributed by atoms with van der Waals surface area (Å²) in [5.41, 5.74) is 2.03. The highest BCUT2D eigenvalue weighted by Gasteiger charge is 2.34.